The summed E-state index contributed by atoms with van der Waals surface area (Å²) in [5.41, 5.74) is 1.13. The number of ether oxygens (including phenoxy) is 2. The number of carbonyl (C=O) groups excluding carboxylic acids is 3. The van der Waals surface area contributed by atoms with Gasteiger partial charge in [0.25, 0.3) is 11.6 Å². The van der Waals surface area contributed by atoms with Crippen LogP contribution in [-0.2, 0) is 9.59 Å². The van der Waals surface area contributed by atoms with E-state index in [0.29, 0.717) is 28.4 Å². The van der Waals surface area contributed by atoms with Gasteiger partial charge in [-0.15, -0.1) is 11.8 Å². The maximum Gasteiger partial charge on any atom is 0.269 e. The Labute approximate surface area is 210 Å². The van der Waals surface area contributed by atoms with E-state index in [2.05, 4.69) is 5.32 Å². The molecule has 0 spiro atoms. The highest BCUT2D eigenvalue weighted by Gasteiger charge is 2.40. The van der Waals surface area contributed by atoms with Gasteiger partial charge in [0.05, 0.1) is 30.1 Å². The van der Waals surface area contributed by atoms with Crippen molar-refractivity contribution in [3.05, 3.63) is 82.4 Å². The molecule has 1 saturated heterocycles. The fraction of sp³-hybridized carbons (Fsp3) is 0.160. The number of nitrogens with zero attached hydrogens (tertiary/aromatic N) is 2. The van der Waals surface area contributed by atoms with E-state index in [1.807, 2.05) is 0 Å². The summed E-state index contributed by atoms with van der Waals surface area (Å²) in [4.78, 5) is 50.1. The first-order valence-electron chi connectivity index (χ1n) is 10.7. The SMILES string of the molecule is COc1ccc(C(=O)Nc2ccc(SC3CC(=O)N(c4ccc([N+](=O)[O-])cc4)C3=O)cc2)cc1OC. The molecule has 1 unspecified atom stereocenters. The second-order valence-corrected chi connectivity index (χ2v) is 8.98. The summed E-state index contributed by atoms with van der Waals surface area (Å²) in [6, 6.07) is 17.0. The lowest BCUT2D eigenvalue weighted by atomic mass is 10.2. The fourth-order valence-corrected chi connectivity index (χ4v) is 4.71. The zero-order valence-corrected chi connectivity index (χ0v) is 20.1. The van der Waals surface area contributed by atoms with E-state index in [1.165, 1.54) is 50.2 Å². The molecular formula is C25H21N3O7S. The number of hydrogen-bond donors (Lipinski definition) is 1. The molecule has 1 aliphatic heterocycles. The summed E-state index contributed by atoms with van der Waals surface area (Å²) in [5, 5.41) is 13.0. The van der Waals surface area contributed by atoms with Crippen LogP contribution in [0.25, 0.3) is 0 Å². The molecule has 1 aliphatic rings. The third-order valence-corrected chi connectivity index (χ3v) is 6.66. The van der Waals surface area contributed by atoms with Crippen LogP contribution in [0.1, 0.15) is 16.8 Å². The number of nitro groups is 1. The van der Waals surface area contributed by atoms with Crippen LogP contribution in [0.2, 0.25) is 0 Å². The molecule has 1 heterocycles. The normalized spacial score (nSPS) is 15.1. The summed E-state index contributed by atoms with van der Waals surface area (Å²) in [7, 11) is 3.00. The minimum Gasteiger partial charge on any atom is -0.493 e. The summed E-state index contributed by atoms with van der Waals surface area (Å²) in [5.74, 6) is -0.125. The van der Waals surface area contributed by atoms with E-state index in [4.69, 9.17) is 9.47 Å². The second kappa shape index (κ2) is 10.5. The molecule has 4 rings (SSSR count). The van der Waals surface area contributed by atoms with Crippen LogP contribution < -0.4 is 19.7 Å². The number of imide groups is 1. The van der Waals surface area contributed by atoms with Crippen LogP contribution in [0.3, 0.4) is 0 Å². The number of methoxy groups -OCH3 is 2. The van der Waals surface area contributed by atoms with Crippen molar-refractivity contribution in [1.29, 1.82) is 0 Å². The summed E-state index contributed by atoms with van der Waals surface area (Å²) < 4.78 is 10.4. The molecule has 11 heteroatoms. The standard InChI is InChI=1S/C25H21N3O7S/c1-34-20-12-3-15(13-21(20)35-2)24(30)26-16-4-10-19(11-5-16)36-22-14-23(29)27(25(22)31)17-6-8-18(9-7-17)28(32)33/h3-13,22H,14H2,1-2H3,(H,26,30). The predicted molar refractivity (Wildman–Crippen MR) is 134 cm³/mol. The largest absolute Gasteiger partial charge is 0.493 e. The van der Waals surface area contributed by atoms with Gasteiger partial charge in [-0.05, 0) is 54.6 Å². The third-order valence-electron chi connectivity index (χ3n) is 5.46. The van der Waals surface area contributed by atoms with Crippen molar-refractivity contribution in [2.24, 2.45) is 0 Å². The molecule has 0 aliphatic carbocycles. The van der Waals surface area contributed by atoms with Crippen molar-refractivity contribution in [3.8, 4) is 11.5 Å². The van der Waals surface area contributed by atoms with E-state index in [9.17, 15) is 24.5 Å². The van der Waals surface area contributed by atoms with Crippen LogP contribution in [0, 0.1) is 10.1 Å². The number of non-ortho nitro benzene ring substituents is 1. The van der Waals surface area contributed by atoms with Gasteiger partial charge in [-0.3, -0.25) is 24.5 Å². The molecule has 0 bridgehead atoms. The Balaban J connectivity index is 1.40. The van der Waals surface area contributed by atoms with Gasteiger partial charge in [0.1, 0.15) is 0 Å². The Hall–Kier alpha value is -4.38. The lowest BCUT2D eigenvalue weighted by Crippen LogP contribution is -2.31. The van der Waals surface area contributed by atoms with Crippen LogP contribution >= 0.6 is 11.8 Å². The minimum absolute atomic E-state index is 0.0122. The average Bonchev–Trinajstić information content (AvgIpc) is 3.16. The molecule has 0 aromatic heterocycles. The maximum absolute atomic E-state index is 12.9. The summed E-state index contributed by atoms with van der Waals surface area (Å²) >= 11 is 1.24. The topological polar surface area (TPSA) is 128 Å². The highest BCUT2D eigenvalue weighted by molar-refractivity contribution is 8.00. The third kappa shape index (κ3) is 5.15. The van der Waals surface area contributed by atoms with Gasteiger partial charge in [0.2, 0.25) is 11.8 Å². The van der Waals surface area contributed by atoms with E-state index in [1.54, 1.807) is 42.5 Å². The van der Waals surface area contributed by atoms with Crippen LogP contribution in [0.15, 0.2) is 71.6 Å². The Morgan fingerprint density at radius 1 is 1.00 bits per heavy atom. The molecular weight excluding hydrogens is 486 g/mol. The summed E-state index contributed by atoms with van der Waals surface area (Å²) in [6.07, 6.45) is 0.0122. The molecule has 36 heavy (non-hydrogen) atoms. The van der Waals surface area contributed by atoms with Crippen molar-refractivity contribution in [2.75, 3.05) is 24.4 Å². The average molecular weight is 508 g/mol. The number of benzene rings is 3. The molecule has 1 N–H and O–H groups in total. The first kappa shape index (κ1) is 24.7. The van der Waals surface area contributed by atoms with Gasteiger partial charge in [-0.25, -0.2) is 4.90 Å². The molecule has 0 radical (unpaired) electrons. The van der Waals surface area contributed by atoms with Crippen molar-refractivity contribution < 1.29 is 28.8 Å². The Morgan fingerprint density at radius 2 is 1.67 bits per heavy atom. The van der Waals surface area contributed by atoms with Crippen LogP contribution in [0.5, 0.6) is 11.5 Å². The molecule has 184 valence electrons. The zero-order valence-electron chi connectivity index (χ0n) is 19.3. The quantitative estimate of drug-likeness (QED) is 0.272. The lowest BCUT2D eigenvalue weighted by Gasteiger charge is -2.15. The minimum atomic E-state index is -0.625. The molecule has 3 amide bonds. The highest BCUT2D eigenvalue weighted by atomic mass is 32.2. The highest BCUT2D eigenvalue weighted by Crippen LogP contribution is 2.35. The zero-order chi connectivity index (χ0) is 25.8. The van der Waals surface area contributed by atoms with Gasteiger partial charge in [-0.1, -0.05) is 0 Å². The number of nitro benzene ring substituents is 1. The van der Waals surface area contributed by atoms with E-state index >= 15 is 0 Å². The van der Waals surface area contributed by atoms with Crippen molar-refractivity contribution in [2.45, 2.75) is 16.6 Å². The molecule has 3 aromatic rings. The Bertz CT molecular complexity index is 1330. The number of hydrogen-bond acceptors (Lipinski definition) is 8. The van der Waals surface area contributed by atoms with Crippen molar-refractivity contribution in [1.82, 2.24) is 0 Å². The number of rotatable bonds is 8. The number of anilines is 2. The Kier molecular flexibility index (Phi) is 7.20. The van der Waals surface area contributed by atoms with Gasteiger partial charge in [0, 0.05) is 34.7 Å². The fourth-order valence-electron chi connectivity index (χ4n) is 3.65. The van der Waals surface area contributed by atoms with E-state index in [-0.39, 0.29) is 29.8 Å². The van der Waals surface area contributed by atoms with E-state index in [0.717, 1.165) is 9.80 Å². The number of nitrogens with one attached hydrogen (secondary N) is 1. The number of carbonyl (C=O) groups is 3. The number of amides is 3. The number of thioether (sulfide) groups is 1. The molecule has 1 atom stereocenters. The van der Waals surface area contributed by atoms with Gasteiger partial charge >= 0.3 is 0 Å². The first-order valence-corrected chi connectivity index (χ1v) is 11.6. The van der Waals surface area contributed by atoms with E-state index < -0.39 is 10.2 Å². The lowest BCUT2D eigenvalue weighted by molar-refractivity contribution is -0.384. The monoisotopic (exact) mass is 507 g/mol. The van der Waals surface area contributed by atoms with Gasteiger partial charge in [-0.2, -0.15) is 0 Å². The first-order chi connectivity index (χ1) is 17.3. The molecule has 0 saturated carbocycles. The second-order valence-electron chi connectivity index (χ2n) is 7.70. The molecule has 1 fully saturated rings. The van der Waals surface area contributed by atoms with Crippen LogP contribution in [0.4, 0.5) is 17.1 Å². The Morgan fingerprint density at radius 3 is 2.28 bits per heavy atom. The van der Waals surface area contributed by atoms with Crippen molar-refractivity contribution >= 4 is 46.5 Å². The van der Waals surface area contributed by atoms with Crippen LogP contribution in [-0.4, -0.2) is 42.1 Å². The predicted octanol–water partition coefficient (Wildman–Crippen LogP) is 4.29. The summed E-state index contributed by atoms with van der Waals surface area (Å²) in [6.45, 7) is 0. The smallest absolute Gasteiger partial charge is 0.269 e. The van der Waals surface area contributed by atoms with Gasteiger partial charge < -0.3 is 14.8 Å². The van der Waals surface area contributed by atoms with Crippen molar-refractivity contribution in [3.63, 3.8) is 0 Å². The molecule has 3 aromatic carbocycles. The molecule has 10 nitrogen and oxygen atoms in total. The maximum atomic E-state index is 12.9. The van der Waals surface area contributed by atoms with Gasteiger partial charge in [0.15, 0.2) is 11.5 Å².